The lowest BCUT2D eigenvalue weighted by Gasteiger charge is -2.12. The van der Waals surface area contributed by atoms with Crippen molar-refractivity contribution in [2.75, 3.05) is 32.0 Å². The van der Waals surface area contributed by atoms with Gasteiger partial charge in [-0.15, -0.1) is 0 Å². The molecule has 1 rings (SSSR count). The predicted molar refractivity (Wildman–Crippen MR) is 55.1 cm³/mol. The molecule has 0 fully saturated rings. The second-order valence-electron chi connectivity index (χ2n) is 3.17. The maximum Gasteiger partial charge on any atom is 0.357 e. The molecule has 1 heterocycles. The largest absolute Gasteiger partial charge is 0.476 e. The van der Waals surface area contributed by atoms with Gasteiger partial charge in [0.2, 0.25) is 0 Å². The molecule has 0 saturated carbocycles. The Labute approximate surface area is 87.9 Å². The second kappa shape index (κ2) is 5.35. The molecule has 1 aromatic heterocycles. The molecule has 0 unspecified atom stereocenters. The molecular weight excluding hydrogens is 198 g/mol. The van der Waals surface area contributed by atoms with Gasteiger partial charge < -0.3 is 19.7 Å². The number of likely N-dealkylation sites (N-methyl/N-ethyl adjacent to an activating group) is 1. The van der Waals surface area contributed by atoms with E-state index in [1.54, 1.807) is 0 Å². The molecule has 0 amide bonds. The lowest BCUT2D eigenvalue weighted by Crippen LogP contribution is -2.24. The number of hydrogen-bond acceptors (Lipinski definition) is 5. The number of aromatic carboxylic acids is 1. The van der Waals surface area contributed by atoms with Gasteiger partial charge in [0.15, 0.2) is 5.69 Å². The molecule has 6 nitrogen and oxygen atoms in total. The first-order valence-corrected chi connectivity index (χ1v) is 4.74. The van der Waals surface area contributed by atoms with Gasteiger partial charge in [-0.1, -0.05) is 6.92 Å². The first kappa shape index (κ1) is 11.5. The summed E-state index contributed by atoms with van der Waals surface area (Å²) in [5.41, 5.74) is -0.0821. The summed E-state index contributed by atoms with van der Waals surface area (Å²) in [5, 5.41) is 11.5. The van der Waals surface area contributed by atoms with Gasteiger partial charge in [0.1, 0.15) is 6.26 Å². The minimum absolute atomic E-state index is 0.0821. The molecular formula is C9H15N3O3. The lowest BCUT2D eigenvalue weighted by molar-refractivity contribution is 0.0690. The van der Waals surface area contributed by atoms with Crippen LogP contribution in [0.25, 0.3) is 0 Å². The Morgan fingerprint density at radius 1 is 1.73 bits per heavy atom. The van der Waals surface area contributed by atoms with Gasteiger partial charge in [0.25, 0.3) is 6.01 Å². The van der Waals surface area contributed by atoms with Crippen LogP contribution in [0.15, 0.2) is 10.7 Å². The van der Waals surface area contributed by atoms with Crippen LogP contribution in [-0.4, -0.2) is 47.6 Å². The molecule has 0 aliphatic heterocycles. The van der Waals surface area contributed by atoms with Crippen LogP contribution in [0.4, 0.5) is 6.01 Å². The monoisotopic (exact) mass is 213 g/mol. The number of carboxylic acids is 1. The van der Waals surface area contributed by atoms with E-state index < -0.39 is 5.97 Å². The summed E-state index contributed by atoms with van der Waals surface area (Å²) < 4.78 is 4.92. The third-order valence-electron chi connectivity index (χ3n) is 2.03. The standard InChI is InChI=1S/C9H15N3O3/c1-3-12(2)5-4-10-9-11-7(6-15-9)8(13)14/h6H,3-5H2,1-2H3,(H,10,11)(H,13,14). The van der Waals surface area contributed by atoms with Gasteiger partial charge in [-0.05, 0) is 13.6 Å². The molecule has 15 heavy (non-hydrogen) atoms. The molecule has 0 spiro atoms. The van der Waals surface area contributed by atoms with Crippen molar-refractivity contribution in [2.45, 2.75) is 6.92 Å². The van der Waals surface area contributed by atoms with E-state index in [0.29, 0.717) is 6.54 Å². The van der Waals surface area contributed by atoms with Gasteiger partial charge in [-0.2, -0.15) is 4.98 Å². The molecule has 0 saturated heterocycles. The Bertz CT molecular complexity index is 324. The summed E-state index contributed by atoms with van der Waals surface area (Å²) in [6, 6.07) is 0.247. The van der Waals surface area contributed by atoms with E-state index in [1.807, 2.05) is 7.05 Å². The highest BCUT2D eigenvalue weighted by atomic mass is 16.4. The Morgan fingerprint density at radius 3 is 3.00 bits per heavy atom. The van der Waals surface area contributed by atoms with Crippen molar-refractivity contribution in [3.8, 4) is 0 Å². The van der Waals surface area contributed by atoms with E-state index in [2.05, 4.69) is 22.1 Å². The fourth-order valence-corrected chi connectivity index (χ4v) is 0.965. The van der Waals surface area contributed by atoms with E-state index in [0.717, 1.165) is 19.4 Å². The smallest absolute Gasteiger partial charge is 0.357 e. The minimum Gasteiger partial charge on any atom is -0.476 e. The molecule has 2 N–H and O–H groups in total. The lowest BCUT2D eigenvalue weighted by atomic mass is 10.5. The number of rotatable bonds is 6. The Kier molecular flexibility index (Phi) is 4.11. The van der Waals surface area contributed by atoms with Crippen LogP contribution in [0.1, 0.15) is 17.4 Å². The summed E-state index contributed by atoms with van der Waals surface area (Å²) >= 11 is 0. The Hall–Kier alpha value is -1.56. The fraction of sp³-hybridized carbons (Fsp3) is 0.556. The van der Waals surface area contributed by atoms with Crippen molar-refractivity contribution in [1.29, 1.82) is 0 Å². The van der Waals surface area contributed by atoms with Crippen molar-refractivity contribution in [3.05, 3.63) is 12.0 Å². The summed E-state index contributed by atoms with van der Waals surface area (Å²) in [4.78, 5) is 16.3. The number of anilines is 1. The third kappa shape index (κ3) is 3.59. The van der Waals surface area contributed by atoms with Crippen LogP contribution in [0.5, 0.6) is 0 Å². The van der Waals surface area contributed by atoms with E-state index in [-0.39, 0.29) is 11.7 Å². The van der Waals surface area contributed by atoms with Crippen molar-refractivity contribution in [1.82, 2.24) is 9.88 Å². The molecule has 0 atom stereocenters. The zero-order valence-electron chi connectivity index (χ0n) is 8.86. The van der Waals surface area contributed by atoms with Crippen LogP contribution in [0.2, 0.25) is 0 Å². The van der Waals surface area contributed by atoms with Gasteiger partial charge in [-0.25, -0.2) is 4.79 Å². The average molecular weight is 213 g/mol. The highest BCUT2D eigenvalue weighted by Crippen LogP contribution is 2.06. The molecule has 6 heteroatoms. The topological polar surface area (TPSA) is 78.6 Å². The maximum absolute atomic E-state index is 10.5. The van der Waals surface area contributed by atoms with Gasteiger partial charge in [-0.3, -0.25) is 0 Å². The molecule has 0 aliphatic rings. The number of carbonyl (C=O) groups is 1. The first-order chi connectivity index (χ1) is 7.13. The third-order valence-corrected chi connectivity index (χ3v) is 2.03. The zero-order valence-corrected chi connectivity index (χ0v) is 8.86. The predicted octanol–water partition coefficient (Wildman–Crippen LogP) is 0.736. The normalized spacial score (nSPS) is 10.6. The fourth-order valence-electron chi connectivity index (χ4n) is 0.965. The number of carboxylic acid groups (broad SMARTS) is 1. The van der Waals surface area contributed by atoms with Crippen LogP contribution in [0.3, 0.4) is 0 Å². The maximum atomic E-state index is 10.5. The Balaban J connectivity index is 2.35. The minimum atomic E-state index is -1.09. The van der Waals surface area contributed by atoms with E-state index >= 15 is 0 Å². The molecule has 1 aromatic rings. The highest BCUT2D eigenvalue weighted by molar-refractivity contribution is 5.85. The summed E-state index contributed by atoms with van der Waals surface area (Å²) in [6.07, 6.45) is 1.12. The van der Waals surface area contributed by atoms with Crippen LogP contribution in [0, 0.1) is 0 Å². The van der Waals surface area contributed by atoms with E-state index in [4.69, 9.17) is 9.52 Å². The van der Waals surface area contributed by atoms with Crippen molar-refractivity contribution < 1.29 is 14.3 Å². The van der Waals surface area contributed by atoms with Gasteiger partial charge in [0.05, 0.1) is 0 Å². The summed E-state index contributed by atoms with van der Waals surface area (Å²) in [5.74, 6) is -1.09. The van der Waals surface area contributed by atoms with Crippen molar-refractivity contribution in [2.24, 2.45) is 0 Å². The van der Waals surface area contributed by atoms with Crippen molar-refractivity contribution >= 4 is 12.0 Å². The SMILES string of the molecule is CCN(C)CCNc1nc(C(=O)O)co1. The quantitative estimate of drug-likeness (QED) is 0.725. The number of nitrogens with one attached hydrogen (secondary N) is 1. The molecule has 0 aliphatic carbocycles. The number of oxazole rings is 1. The number of aromatic nitrogens is 1. The van der Waals surface area contributed by atoms with Gasteiger partial charge in [0, 0.05) is 13.1 Å². The number of nitrogens with zero attached hydrogens (tertiary/aromatic N) is 2. The summed E-state index contributed by atoms with van der Waals surface area (Å²) in [6.45, 7) is 4.55. The van der Waals surface area contributed by atoms with Crippen LogP contribution in [-0.2, 0) is 0 Å². The second-order valence-corrected chi connectivity index (χ2v) is 3.17. The number of hydrogen-bond donors (Lipinski definition) is 2. The van der Waals surface area contributed by atoms with Crippen molar-refractivity contribution in [3.63, 3.8) is 0 Å². The zero-order chi connectivity index (χ0) is 11.3. The molecule has 0 aromatic carbocycles. The summed E-state index contributed by atoms with van der Waals surface area (Å²) in [7, 11) is 2.00. The van der Waals surface area contributed by atoms with Crippen LogP contribution >= 0.6 is 0 Å². The Morgan fingerprint density at radius 2 is 2.47 bits per heavy atom. The van der Waals surface area contributed by atoms with Gasteiger partial charge >= 0.3 is 5.97 Å². The highest BCUT2D eigenvalue weighted by Gasteiger charge is 2.09. The van der Waals surface area contributed by atoms with Crippen LogP contribution < -0.4 is 5.32 Å². The molecule has 0 bridgehead atoms. The molecule has 84 valence electrons. The van der Waals surface area contributed by atoms with E-state index in [9.17, 15) is 4.79 Å². The first-order valence-electron chi connectivity index (χ1n) is 4.74. The van der Waals surface area contributed by atoms with E-state index in [1.165, 1.54) is 0 Å². The molecule has 0 radical (unpaired) electrons. The average Bonchev–Trinajstić information content (AvgIpc) is 2.66.